The van der Waals surface area contributed by atoms with Crippen LogP contribution in [0.5, 0.6) is 0 Å². The molecule has 108 valence electrons. The highest BCUT2D eigenvalue weighted by atomic mass is 79.9. The molecule has 0 aromatic heterocycles. The van der Waals surface area contributed by atoms with E-state index in [9.17, 15) is 9.59 Å². The smallest absolute Gasteiger partial charge is 0.314 e. The quantitative estimate of drug-likeness (QED) is 0.743. The summed E-state index contributed by atoms with van der Waals surface area (Å²) in [6, 6.07) is 7.81. The van der Waals surface area contributed by atoms with E-state index < -0.39 is 5.97 Å². The predicted molar refractivity (Wildman–Crippen MR) is 78.7 cm³/mol. The van der Waals surface area contributed by atoms with Gasteiger partial charge in [-0.05, 0) is 30.5 Å². The summed E-state index contributed by atoms with van der Waals surface area (Å²) in [5, 5.41) is 13.8. The second-order valence-corrected chi connectivity index (χ2v) is 5.96. The summed E-state index contributed by atoms with van der Waals surface area (Å²) in [6.07, 6.45) is 2.04. The van der Waals surface area contributed by atoms with Gasteiger partial charge in [0.05, 0.1) is 6.42 Å². The summed E-state index contributed by atoms with van der Waals surface area (Å²) in [5.41, 5.74) is 1.26. The van der Waals surface area contributed by atoms with Gasteiger partial charge in [0.1, 0.15) is 0 Å². The number of rotatable bonds is 6. The molecule has 1 aromatic rings. The minimum absolute atomic E-state index is 0.0356. The lowest BCUT2D eigenvalue weighted by molar-refractivity contribution is -0.136. The van der Waals surface area contributed by atoms with E-state index in [2.05, 4.69) is 38.7 Å². The van der Waals surface area contributed by atoms with Crippen LogP contribution in [0.25, 0.3) is 0 Å². The van der Waals surface area contributed by atoms with Crippen LogP contribution in [0.1, 0.15) is 24.8 Å². The summed E-state index contributed by atoms with van der Waals surface area (Å²) in [4.78, 5) is 21.9. The maximum Gasteiger partial charge on any atom is 0.314 e. The lowest BCUT2D eigenvalue weighted by Gasteiger charge is -2.17. The Labute approximate surface area is 125 Å². The number of hydrogen-bond acceptors (Lipinski definition) is 2. The Balaban J connectivity index is 1.81. The Morgan fingerprint density at radius 2 is 2.05 bits per heavy atom. The number of halogens is 1. The SMILES string of the molecule is O=C(O)CCNC(=O)NCC1(c2cccc(Br)c2)CC1. The molecule has 1 fully saturated rings. The van der Waals surface area contributed by atoms with E-state index in [1.54, 1.807) is 0 Å². The zero-order valence-electron chi connectivity index (χ0n) is 11.0. The molecule has 1 aromatic carbocycles. The van der Waals surface area contributed by atoms with Gasteiger partial charge in [-0.15, -0.1) is 0 Å². The highest BCUT2D eigenvalue weighted by Gasteiger charge is 2.44. The molecular formula is C14H17BrN2O3. The first-order chi connectivity index (χ1) is 9.52. The van der Waals surface area contributed by atoms with E-state index in [-0.39, 0.29) is 24.4 Å². The number of hydrogen-bond donors (Lipinski definition) is 3. The molecule has 0 aliphatic heterocycles. The van der Waals surface area contributed by atoms with Gasteiger partial charge < -0.3 is 15.7 Å². The van der Waals surface area contributed by atoms with Crippen LogP contribution in [0, 0.1) is 0 Å². The van der Waals surface area contributed by atoms with Gasteiger partial charge in [0, 0.05) is 23.0 Å². The number of urea groups is 1. The van der Waals surface area contributed by atoms with Gasteiger partial charge in [0.15, 0.2) is 0 Å². The van der Waals surface area contributed by atoms with Crippen molar-refractivity contribution in [3.05, 3.63) is 34.3 Å². The second-order valence-electron chi connectivity index (χ2n) is 5.04. The first kappa shape index (κ1) is 14.8. The topological polar surface area (TPSA) is 78.4 Å². The van der Waals surface area contributed by atoms with E-state index in [0.29, 0.717) is 6.54 Å². The Hall–Kier alpha value is -1.56. The Kier molecular flexibility index (Phi) is 4.65. The number of carbonyl (C=O) groups excluding carboxylic acids is 1. The molecule has 6 heteroatoms. The number of aliphatic carboxylic acids is 1. The molecule has 1 aliphatic carbocycles. The minimum atomic E-state index is -0.918. The van der Waals surface area contributed by atoms with Crippen LogP contribution in [0.15, 0.2) is 28.7 Å². The number of amides is 2. The molecule has 5 nitrogen and oxygen atoms in total. The molecule has 0 radical (unpaired) electrons. The van der Waals surface area contributed by atoms with Gasteiger partial charge in [-0.2, -0.15) is 0 Å². The average Bonchev–Trinajstić information content (AvgIpc) is 3.17. The summed E-state index contributed by atoms with van der Waals surface area (Å²) >= 11 is 3.45. The number of nitrogens with one attached hydrogen (secondary N) is 2. The van der Waals surface area contributed by atoms with E-state index in [1.165, 1.54) is 5.56 Å². The van der Waals surface area contributed by atoms with Crippen molar-refractivity contribution in [3.8, 4) is 0 Å². The standard InChI is InChI=1S/C14H17BrN2O3/c15-11-3-1-2-10(8-11)14(5-6-14)9-17-13(20)16-7-4-12(18)19/h1-3,8H,4-7,9H2,(H,18,19)(H2,16,17,20). The summed E-state index contributed by atoms with van der Waals surface area (Å²) < 4.78 is 1.03. The highest BCUT2D eigenvalue weighted by Crippen LogP contribution is 2.48. The molecule has 3 N–H and O–H groups in total. The molecule has 0 spiro atoms. The molecule has 0 bridgehead atoms. The first-order valence-corrected chi connectivity index (χ1v) is 7.31. The van der Waals surface area contributed by atoms with Crippen LogP contribution < -0.4 is 10.6 Å². The second kappa shape index (κ2) is 6.26. The fourth-order valence-electron chi connectivity index (χ4n) is 2.13. The fourth-order valence-corrected chi connectivity index (χ4v) is 2.53. The lowest BCUT2D eigenvalue weighted by Crippen LogP contribution is -2.40. The molecular weight excluding hydrogens is 324 g/mol. The summed E-state index contributed by atoms with van der Waals surface area (Å²) in [7, 11) is 0. The number of carboxylic acid groups (broad SMARTS) is 1. The fraction of sp³-hybridized carbons (Fsp3) is 0.429. The molecule has 0 unspecified atom stereocenters. The van der Waals surface area contributed by atoms with E-state index in [1.807, 2.05) is 12.1 Å². The van der Waals surface area contributed by atoms with Crippen LogP contribution in [0.3, 0.4) is 0 Å². The molecule has 0 atom stereocenters. The van der Waals surface area contributed by atoms with Crippen LogP contribution in [0.2, 0.25) is 0 Å². The Morgan fingerprint density at radius 3 is 2.65 bits per heavy atom. The van der Waals surface area contributed by atoms with Gasteiger partial charge in [-0.3, -0.25) is 4.79 Å². The van der Waals surface area contributed by atoms with Gasteiger partial charge in [-0.1, -0.05) is 28.1 Å². The minimum Gasteiger partial charge on any atom is -0.481 e. The van der Waals surface area contributed by atoms with Crippen molar-refractivity contribution in [2.24, 2.45) is 0 Å². The largest absolute Gasteiger partial charge is 0.481 e. The van der Waals surface area contributed by atoms with E-state index in [4.69, 9.17) is 5.11 Å². The maximum atomic E-state index is 11.6. The van der Waals surface area contributed by atoms with Gasteiger partial charge >= 0.3 is 12.0 Å². The van der Waals surface area contributed by atoms with Crippen LogP contribution in [-0.4, -0.2) is 30.2 Å². The maximum absolute atomic E-state index is 11.6. The molecule has 2 amide bonds. The molecule has 0 heterocycles. The third-order valence-corrected chi connectivity index (χ3v) is 4.00. The molecule has 1 aliphatic rings. The Bertz CT molecular complexity index is 515. The zero-order chi connectivity index (χ0) is 14.6. The summed E-state index contributed by atoms with van der Waals surface area (Å²) in [5.74, 6) is -0.918. The van der Waals surface area contributed by atoms with Crippen molar-refractivity contribution in [2.45, 2.75) is 24.7 Å². The van der Waals surface area contributed by atoms with E-state index >= 15 is 0 Å². The number of benzene rings is 1. The van der Waals surface area contributed by atoms with Crippen molar-refractivity contribution < 1.29 is 14.7 Å². The van der Waals surface area contributed by atoms with E-state index in [0.717, 1.165) is 17.3 Å². The van der Waals surface area contributed by atoms with Crippen LogP contribution >= 0.6 is 15.9 Å². The van der Waals surface area contributed by atoms with Crippen molar-refractivity contribution in [1.82, 2.24) is 10.6 Å². The monoisotopic (exact) mass is 340 g/mol. The molecule has 20 heavy (non-hydrogen) atoms. The summed E-state index contributed by atoms with van der Waals surface area (Å²) in [6.45, 7) is 0.716. The Morgan fingerprint density at radius 1 is 1.30 bits per heavy atom. The van der Waals surface area contributed by atoms with Crippen molar-refractivity contribution in [3.63, 3.8) is 0 Å². The van der Waals surface area contributed by atoms with Crippen molar-refractivity contribution >= 4 is 27.9 Å². The van der Waals surface area contributed by atoms with Crippen molar-refractivity contribution in [2.75, 3.05) is 13.1 Å². The third kappa shape index (κ3) is 3.96. The number of carboxylic acids is 1. The highest BCUT2D eigenvalue weighted by molar-refractivity contribution is 9.10. The zero-order valence-corrected chi connectivity index (χ0v) is 12.6. The lowest BCUT2D eigenvalue weighted by atomic mass is 9.96. The average molecular weight is 341 g/mol. The van der Waals surface area contributed by atoms with Crippen LogP contribution in [-0.2, 0) is 10.2 Å². The van der Waals surface area contributed by atoms with Crippen molar-refractivity contribution in [1.29, 1.82) is 0 Å². The third-order valence-electron chi connectivity index (χ3n) is 3.50. The molecule has 1 saturated carbocycles. The van der Waals surface area contributed by atoms with Gasteiger partial charge in [-0.25, -0.2) is 4.79 Å². The normalized spacial score (nSPS) is 15.4. The molecule has 2 rings (SSSR count). The van der Waals surface area contributed by atoms with Crippen LogP contribution in [0.4, 0.5) is 4.79 Å². The van der Waals surface area contributed by atoms with Gasteiger partial charge in [0.25, 0.3) is 0 Å². The molecule has 0 saturated heterocycles. The number of carbonyl (C=O) groups is 2. The predicted octanol–water partition coefficient (Wildman–Crippen LogP) is 2.25. The van der Waals surface area contributed by atoms with Gasteiger partial charge in [0.2, 0.25) is 0 Å². The first-order valence-electron chi connectivity index (χ1n) is 6.51.